The molecule has 142 valence electrons. The van der Waals surface area contributed by atoms with Gasteiger partial charge in [-0.25, -0.2) is 15.0 Å². The van der Waals surface area contributed by atoms with Crippen molar-refractivity contribution in [1.29, 1.82) is 5.26 Å². The zero-order valence-corrected chi connectivity index (χ0v) is 16.0. The lowest BCUT2D eigenvalue weighted by Gasteiger charge is -2.39. The van der Waals surface area contributed by atoms with Crippen molar-refractivity contribution in [2.75, 3.05) is 22.9 Å². The number of anilines is 2. The molecule has 3 aromatic rings. The number of piperidine rings is 1. The smallest absolute Gasteiger partial charge is 0.139 e. The summed E-state index contributed by atoms with van der Waals surface area (Å²) in [7, 11) is 0. The highest BCUT2D eigenvalue weighted by atomic mass is 15.2. The van der Waals surface area contributed by atoms with Gasteiger partial charge in [-0.05, 0) is 31.9 Å². The molecule has 1 unspecified atom stereocenters. The summed E-state index contributed by atoms with van der Waals surface area (Å²) in [6.45, 7) is 4.72. The monoisotopic (exact) mass is 373 g/mol. The number of aromatic amines is 1. The van der Waals surface area contributed by atoms with E-state index < -0.39 is 0 Å². The number of rotatable bonds is 2. The van der Waals surface area contributed by atoms with Gasteiger partial charge in [-0.3, -0.25) is 0 Å². The molecule has 2 aliphatic heterocycles. The van der Waals surface area contributed by atoms with Crippen LogP contribution in [0.1, 0.15) is 31.0 Å². The molecule has 0 radical (unpaired) electrons. The molecule has 5 rings (SSSR count). The first kappa shape index (κ1) is 17.0. The average Bonchev–Trinajstić information content (AvgIpc) is 3.22. The van der Waals surface area contributed by atoms with Gasteiger partial charge in [0.15, 0.2) is 0 Å². The highest BCUT2D eigenvalue weighted by Crippen LogP contribution is 2.35. The highest BCUT2D eigenvalue weighted by Gasteiger charge is 2.31. The molecule has 1 fully saturated rings. The molecule has 1 saturated heterocycles. The van der Waals surface area contributed by atoms with E-state index in [1.807, 2.05) is 12.4 Å². The fraction of sp³-hybridized carbons (Fsp3) is 0.429. The molecule has 1 N–H and O–H groups in total. The van der Waals surface area contributed by atoms with Gasteiger partial charge >= 0.3 is 0 Å². The van der Waals surface area contributed by atoms with E-state index in [0.717, 1.165) is 61.4 Å². The Labute approximate surface area is 164 Å². The van der Waals surface area contributed by atoms with Crippen LogP contribution in [-0.2, 0) is 13.0 Å². The molecule has 2 aliphatic rings. The summed E-state index contributed by atoms with van der Waals surface area (Å²) in [5.74, 6) is 1.08. The van der Waals surface area contributed by atoms with Crippen LogP contribution in [0.15, 0.2) is 30.9 Å². The average molecular weight is 373 g/mol. The number of H-pyrrole nitrogens is 1. The SMILES string of the molecule is C[C@@H]1Cc2ncnc(N3CCCC(C#N)C3)c2CN1c1ccnc2[nH]ccc12. The van der Waals surface area contributed by atoms with Crippen molar-refractivity contribution in [2.24, 2.45) is 5.92 Å². The molecule has 0 amide bonds. The largest absolute Gasteiger partial charge is 0.363 e. The van der Waals surface area contributed by atoms with E-state index in [9.17, 15) is 5.26 Å². The summed E-state index contributed by atoms with van der Waals surface area (Å²) < 4.78 is 0. The van der Waals surface area contributed by atoms with Crippen LogP contribution in [0, 0.1) is 17.2 Å². The van der Waals surface area contributed by atoms with Crippen LogP contribution < -0.4 is 9.80 Å². The molecule has 2 atom stereocenters. The van der Waals surface area contributed by atoms with Crippen molar-refractivity contribution < 1.29 is 0 Å². The number of nitrogens with one attached hydrogen (secondary N) is 1. The first-order valence-corrected chi connectivity index (χ1v) is 9.90. The van der Waals surface area contributed by atoms with Gasteiger partial charge in [0, 0.05) is 61.1 Å². The summed E-state index contributed by atoms with van der Waals surface area (Å²) in [4.78, 5) is 21.6. The number of nitriles is 1. The summed E-state index contributed by atoms with van der Waals surface area (Å²) in [5.41, 5.74) is 4.42. The van der Waals surface area contributed by atoms with Gasteiger partial charge in [-0.15, -0.1) is 0 Å². The Bertz CT molecular complexity index is 1050. The van der Waals surface area contributed by atoms with Crippen LogP contribution in [0.2, 0.25) is 0 Å². The minimum Gasteiger partial charge on any atom is -0.363 e. The molecule has 0 saturated carbocycles. The lowest BCUT2D eigenvalue weighted by molar-refractivity contribution is 0.486. The van der Waals surface area contributed by atoms with Gasteiger partial charge in [0.2, 0.25) is 0 Å². The minimum absolute atomic E-state index is 0.0812. The van der Waals surface area contributed by atoms with Crippen LogP contribution in [0.3, 0.4) is 0 Å². The molecule has 7 nitrogen and oxygen atoms in total. The normalized spacial score (nSPS) is 22.1. The lowest BCUT2D eigenvalue weighted by Crippen LogP contribution is -2.42. The van der Waals surface area contributed by atoms with E-state index in [-0.39, 0.29) is 5.92 Å². The minimum atomic E-state index is 0.0812. The van der Waals surface area contributed by atoms with E-state index in [1.54, 1.807) is 6.33 Å². The second-order valence-electron chi connectivity index (χ2n) is 7.79. The number of hydrogen-bond donors (Lipinski definition) is 1. The fourth-order valence-electron chi connectivity index (χ4n) is 4.56. The second kappa shape index (κ2) is 6.79. The lowest BCUT2D eigenvalue weighted by atomic mass is 9.96. The molecule has 0 aromatic carbocycles. The van der Waals surface area contributed by atoms with Gasteiger partial charge < -0.3 is 14.8 Å². The van der Waals surface area contributed by atoms with Crippen molar-refractivity contribution in [3.8, 4) is 6.07 Å². The molecule has 0 bridgehead atoms. The summed E-state index contributed by atoms with van der Waals surface area (Å²) >= 11 is 0. The van der Waals surface area contributed by atoms with Gasteiger partial charge in [0.25, 0.3) is 0 Å². The Morgan fingerprint density at radius 3 is 3.07 bits per heavy atom. The fourth-order valence-corrected chi connectivity index (χ4v) is 4.56. The van der Waals surface area contributed by atoms with Gasteiger partial charge in [0.05, 0.1) is 17.7 Å². The van der Waals surface area contributed by atoms with Crippen LogP contribution in [0.5, 0.6) is 0 Å². The van der Waals surface area contributed by atoms with Gasteiger partial charge in [0.1, 0.15) is 17.8 Å². The summed E-state index contributed by atoms with van der Waals surface area (Å²) in [6.07, 6.45) is 8.38. The van der Waals surface area contributed by atoms with Crippen LogP contribution in [-0.4, -0.2) is 39.1 Å². The third-order valence-corrected chi connectivity index (χ3v) is 6.01. The topological polar surface area (TPSA) is 84.7 Å². The first-order chi connectivity index (χ1) is 13.7. The summed E-state index contributed by atoms with van der Waals surface area (Å²) in [5, 5.41) is 10.5. The predicted octanol–water partition coefficient (Wildman–Crippen LogP) is 3.04. The molecular formula is C21H23N7. The first-order valence-electron chi connectivity index (χ1n) is 9.90. The molecular weight excluding hydrogens is 350 g/mol. The van der Waals surface area contributed by atoms with Crippen LogP contribution in [0.25, 0.3) is 11.0 Å². The van der Waals surface area contributed by atoms with E-state index in [2.05, 4.69) is 54.9 Å². The molecule has 3 aromatic heterocycles. The van der Waals surface area contributed by atoms with Crippen LogP contribution in [0.4, 0.5) is 11.5 Å². The number of nitrogens with zero attached hydrogens (tertiary/aromatic N) is 6. The molecule has 28 heavy (non-hydrogen) atoms. The van der Waals surface area contributed by atoms with E-state index in [0.29, 0.717) is 6.04 Å². The number of fused-ring (bicyclic) bond motifs is 2. The zero-order valence-electron chi connectivity index (χ0n) is 16.0. The molecule has 5 heterocycles. The Morgan fingerprint density at radius 2 is 2.18 bits per heavy atom. The Hall–Kier alpha value is -3.14. The maximum atomic E-state index is 9.37. The summed E-state index contributed by atoms with van der Waals surface area (Å²) in [6, 6.07) is 6.95. The predicted molar refractivity (Wildman–Crippen MR) is 108 cm³/mol. The third kappa shape index (κ3) is 2.76. The van der Waals surface area contributed by atoms with E-state index in [4.69, 9.17) is 0 Å². The zero-order chi connectivity index (χ0) is 19.1. The van der Waals surface area contributed by atoms with Crippen molar-refractivity contribution in [2.45, 2.75) is 38.8 Å². The van der Waals surface area contributed by atoms with Gasteiger partial charge in [-0.1, -0.05) is 0 Å². The van der Waals surface area contributed by atoms with Crippen LogP contribution >= 0.6 is 0 Å². The van der Waals surface area contributed by atoms with E-state index in [1.165, 1.54) is 11.3 Å². The maximum absolute atomic E-state index is 9.37. The maximum Gasteiger partial charge on any atom is 0.139 e. The Morgan fingerprint density at radius 1 is 1.25 bits per heavy atom. The van der Waals surface area contributed by atoms with E-state index >= 15 is 0 Å². The number of pyridine rings is 1. The highest BCUT2D eigenvalue weighted by molar-refractivity contribution is 5.90. The number of aromatic nitrogens is 4. The van der Waals surface area contributed by atoms with Crippen molar-refractivity contribution >= 4 is 22.5 Å². The molecule has 0 spiro atoms. The van der Waals surface area contributed by atoms with Crippen molar-refractivity contribution in [3.63, 3.8) is 0 Å². The van der Waals surface area contributed by atoms with Gasteiger partial charge in [-0.2, -0.15) is 5.26 Å². The molecule has 0 aliphatic carbocycles. The Kier molecular flexibility index (Phi) is 4.12. The van der Waals surface area contributed by atoms with Crippen molar-refractivity contribution in [3.05, 3.63) is 42.1 Å². The molecule has 7 heteroatoms. The standard InChI is InChI=1S/C21H23N7/c1-14-9-18-17(12-28(14)19-5-7-24-20-16(19)4-6-23-20)21(26-13-25-18)27-8-2-3-15(10-22)11-27/h4-7,13-15H,2-3,8-9,11-12H2,1H3,(H,23,24)/t14-,15?/m1/s1. The Balaban J connectivity index is 1.54. The third-order valence-electron chi connectivity index (χ3n) is 6.01. The quantitative estimate of drug-likeness (QED) is 0.743. The number of hydrogen-bond acceptors (Lipinski definition) is 6. The van der Waals surface area contributed by atoms with Crippen molar-refractivity contribution in [1.82, 2.24) is 19.9 Å². The second-order valence-corrected chi connectivity index (χ2v) is 7.79.